The molecule has 6 nitrogen and oxygen atoms in total. The number of hydrogen-bond acceptors (Lipinski definition) is 4. The third kappa shape index (κ3) is 7.04. The summed E-state index contributed by atoms with van der Waals surface area (Å²) in [6.45, 7) is 7.70. The van der Waals surface area contributed by atoms with Crippen LogP contribution in [0.5, 0.6) is 5.75 Å². The Morgan fingerprint density at radius 3 is 2.48 bits per heavy atom. The molecule has 6 heteroatoms. The van der Waals surface area contributed by atoms with Gasteiger partial charge in [-0.2, -0.15) is 0 Å². The van der Waals surface area contributed by atoms with Gasteiger partial charge in [0.15, 0.2) is 0 Å². The van der Waals surface area contributed by atoms with E-state index < -0.39 is 23.7 Å². The molecule has 2 N–H and O–H groups in total. The lowest BCUT2D eigenvalue weighted by molar-refractivity contribution is -0.139. The zero-order valence-electron chi connectivity index (χ0n) is 14.1. The molecule has 0 bridgehead atoms. The van der Waals surface area contributed by atoms with E-state index in [2.05, 4.69) is 5.32 Å². The summed E-state index contributed by atoms with van der Waals surface area (Å²) in [7, 11) is 0. The lowest BCUT2D eigenvalue weighted by Gasteiger charge is -2.22. The van der Waals surface area contributed by atoms with E-state index in [4.69, 9.17) is 9.47 Å². The van der Waals surface area contributed by atoms with E-state index in [9.17, 15) is 14.7 Å². The Morgan fingerprint density at radius 1 is 1.26 bits per heavy atom. The fraction of sp³-hybridized carbons (Fsp3) is 0.529. The fourth-order valence-electron chi connectivity index (χ4n) is 1.90. The predicted molar refractivity (Wildman–Crippen MR) is 86.7 cm³/mol. The van der Waals surface area contributed by atoms with E-state index in [1.54, 1.807) is 39.0 Å². The van der Waals surface area contributed by atoms with Gasteiger partial charge in [-0.05, 0) is 38.8 Å². The molecule has 0 heterocycles. The van der Waals surface area contributed by atoms with Crippen molar-refractivity contribution in [3.8, 4) is 5.75 Å². The first-order valence-corrected chi connectivity index (χ1v) is 7.66. The Bertz CT molecular complexity index is 536. The zero-order valence-corrected chi connectivity index (χ0v) is 14.1. The second-order valence-electron chi connectivity index (χ2n) is 6.20. The summed E-state index contributed by atoms with van der Waals surface area (Å²) in [4.78, 5) is 23.2. The third-order valence-electron chi connectivity index (χ3n) is 2.85. The lowest BCUT2D eigenvalue weighted by Crippen LogP contribution is -2.44. The molecule has 0 fully saturated rings. The molecule has 0 radical (unpaired) electrons. The lowest BCUT2D eigenvalue weighted by atomic mass is 10.0. The minimum absolute atomic E-state index is 0.120. The number of nitrogens with one attached hydrogen (secondary N) is 1. The number of carboxylic acid groups (broad SMARTS) is 1. The van der Waals surface area contributed by atoms with Gasteiger partial charge in [0.1, 0.15) is 17.4 Å². The van der Waals surface area contributed by atoms with Gasteiger partial charge < -0.3 is 19.9 Å². The van der Waals surface area contributed by atoms with Crippen molar-refractivity contribution in [1.29, 1.82) is 0 Å². The molecule has 0 aliphatic carbocycles. The highest BCUT2D eigenvalue weighted by atomic mass is 16.6. The molecule has 1 rings (SSSR count). The van der Waals surface area contributed by atoms with Crippen LogP contribution in [-0.2, 0) is 16.0 Å². The number of carbonyl (C=O) groups is 2. The smallest absolute Gasteiger partial charge is 0.408 e. The first-order chi connectivity index (χ1) is 10.7. The predicted octanol–water partition coefficient (Wildman–Crippen LogP) is 3.00. The Labute approximate surface area is 136 Å². The van der Waals surface area contributed by atoms with E-state index in [0.717, 1.165) is 12.0 Å². The van der Waals surface area contributed by atoms with Gasteiger partial charge in [-0.25, -0.2) is 9.59 Å². The summed E-state index contributed by atoms with van der Waals surface area (Å²) in [5, 5.41) is 11.7. The number of carbonyl (C=O) groups excluding carboxylic acids is 1. The van der Waals surface area contributed by atoms with Crippen molar-refractivity contribution >= 4 is 12.1 Å². The maximum Gasteiger partial charge on any atom is 0.408 e. The minimum atomic E-state index is -1.12. The summed E-state index contributed by atoms with van der Waals surface area (Å²) < 4.78 is 10.7. The maximum absolute atomic E-state index is 11.8. The Morgan fingerprint density at radius 2 is 1.91 bits per heavy atom. The second-order valence-corrected chi connectivity index (χ2v) is 6.20. The van der Waals surface area contributed by atoms with Crippen LogP contribution in [0.2, 0.25) is 0 Å². The molecule has 0 unspecified atom stereocenters. The number of hydrogen-bond donors (Lipinski definition) is 2. The van der Waals surface area contributed by atoms with Crippen molar-refractivity contribution in [2.45, 2.75) is 52.2 Å². The van der Waals surface area contributed by atoms with Gasteiger partial charge in [0.05, 0.1) is 6.61 Å². The third-order valence-corrected chi connectivity index (χ3v) is 2.85. The molecule has 23 heavy (non-hydrogen) atoms. The van der Waals surface area contributed by atoms with E-state index >= 15 is 0 Å². The van der Waals surface area contributed by atoms with Crippen molar-refractivity contribution in [3.05, 3.63) is 29.8 Å². The molecule has 0 spiro atoms. The molecule has 1 aromatic rings. The number of carboxylic acids is 1. The molecular weight excluding hydrogens is 298 g/mol. The molecule has 0 saturated carbocycles. The molecule has 1 atom stereocenters. The van der Waals surface area contributed by atoms with Crippen LogP contribution in [0, 0.1) is 0 Å². The van der Waals surface area contributed by atoms with Crippen molar-refractivity contribution < 1.29 is 24.2 Å². The van der Waals surface area contributed by atoms with Crippen molar-refractivity contribution in [2.24, 2.45) is 0 Å². The Balaban J connectivity index is 2.80. The van der Waals surface area contributed by atoms with E-state index in [-0.39, 0.29) is 6.42 Å². The van der Waals surface area contributed by atoms with Crippen LogP contribution >= 0.6 is 0 Å². The van der Waals surface area contributed by atoms with Crippen LogP contribution < -0.4 is 10.1 Å². The van der Waals surface area contributed by atoms with Crippen LogP contribution in [0.4, 0.5) is 4.79 Å². The number of benzene rings is 1. The van der Waals surface area contributed by atoms with Gasteiger partial charge >= 0.3 is 12.1 Å². The SMILES string of the molecule is CCCOc1ccccc1C[C@@H](NC(=O)OC(C)(C)C)C(=O)O. The molecule has 1 amide bonds. The molecule has 0 aliphatic heterocycles. The summed E-state index contributed by atoms with van der Waals surface area (Å²) in [5.74, 6) is -0.493. The van der Waals surface area contributed by atoms with E-state index in [1.165, 1.54) is 0 Å². The average Bonchev–Trinajstić information content (AvgIpc) is 2.43. The number of para-hydroxylation sites is 1. The first-order valence-electron chi connectivity index (χ1n) is 7.66. The summed E-state index contributed by atoms with van der Waals surface area (Å²) >= 11 is 0. The quantitative estimate of drug-likeness (QED) is 0.806. The van der Waals surface area contributed by atoms with Gasteiger partial charge in [0, 0.05) is 6.42 Å². The van der Waals surface area contributed by atoms with Gasteiger partial charge in [-0.15, -0.1) is 0 Å². The highest BCUT2D eigenvalue weighted by Gasteiger charge is 2.25. The van der Waals surface area contributed by atoms with Crippen LogP contribution in [0.15, 0.2) is 24.3 Å². The first kappa shape index (κ1) is 18.8. The normalized spacial score (nSPS) is 12.3. The van der Waals surface area contributed by atoms with Crippen molar-refractivity contribution in [1.82, 2.24) is 5.32 Å². The van der Waals surface area contributed by atoms with Crippen LogP contribution in [-0.4, -0.2) is 35.4 Å². The molecule has 1 aromatic carbocycles. The second kappa shape index (κ2) is 8.41. The van der Waals surface area contributed by atoms with E-state index in [0.29, 0.717) is 12.4 Å². The number of alkyl carbamates (subject to hydrolysis) is 1. The van der Waals surface area contributed by atoms with E-state index in [1.807, 2.05) is 13.0 Å². The fourth-order valence-corrected chi connectivity index (χ4v) is 1.90. The highest BCUT2D eigenvalue weighted by molar-refractivity contribution is 5.80. The van der Waals surface area contributed by atoms with Gasteiger partial charge in [0.25, 0.3) is 0 Å². The van der Waals surface area contributed by atoms with Gasteiger partial charge in [0.2, 0.25) is 0 Å². The molecule has 0 aromatic heterocycles. The van der Waals surface area contributed by atoms with Gasteiger partial charge in [-0.1, -0.05) is 25.1 Å². The summed E-state index contributed by atoms with van der Waals surface area (Å²) in [6.07, 6.45) is 0.221. The van der Waals surface area contributed by atoms with Crippen LogP contribution in [0.1, 0.15) is 39.7 Å². The zero-order chi connectivity index (χ0) is 17.5. The number of amides is 1. The summed E-state index contributed by atoms with van der Waals surface area (Å²) in [6, 6.07) is 6.12. The number of rotatable bonds is 7. The largest absolute Gasteiger partial charge is 0.493 e. The molecule has 0 saturated heterocycles. The van der Waals surface area contributed by atoms with Crippen LogP contribution in [0.25, 0.3) is 0 Å². The average molecular weight is 323 g/mol. The standard InChI is InChI=1S/C17H25NO5/c1-5-10-22-14-9-7-6-8-12(14)11-13(15(19)20)18-16(21)23-17(2,3)4/h6-9,13H,5,10-11H2,1-4H3,(H,18,21)(H,19,20)/t13-/m1/s1. The van der Waals surface area contributed by atoms with Crippen LogP contribution in [0.3, 0.4) is 0 Å². The number of aliphatic carboxylic acids is 1. The molecule has 128 valence electrons. The van der Waals surface area contributed by atoms with Crippen molar-refractivity contribution in [3.63, 3.8) is 0 Å². The Hall–Kier alpha value is -2.24. The molecular formula is C17H25NO5. The monoisotopic (exact) mass is 323 g/mol. The summed E-state index contributed by atoms with van der Waals surface area (Å²) in [5.41, 5.74) is 0.0411. The molecule has 0 aliphatic rings. The maximum atomic E-state index is 11.8. The van der Waals surface area contributed by atoms with Crippen molar-refractivity contribution in [2.75, 3.05) is 6.61 Å². The Kier molecular flexibility index (Phi) is 6.88. The topological polar surface area (TPSA) is 84.9 Å². The number of ether oxygens (including phenoxy) is 2. The highest BCUT2D eigenvalue weighted by Crippen LogP contribution is 2.20. The van der Waals surface area contributed by atoms with Gasteiger partial charge in [-0.3, -0.25) is 0 Å². The minimum Gasteiger partial charge on any atom is -0.493 e.